The molecule has 1 aliphatic heterocycles. The van der Waals surface area contributed by atoms with Gasteiger partial charge in [0.15, 0.2) is 0 Å². The molecule has 0 saturated heterocycles. The lowest BCUT2D eigenvalue weighted by Gasteiger charge is -2.38. The second-order valence-electron chi connectivity index (χ2n) is 7.17. The van der Waals surface area contributed by atoms with E-state index in [0.29, 0.717) is 34.0 Å². The first-order valence-corrected chi connectivity index (χ1v) is 10.6. The monoisotopic (exact) mass is 454 g/mol. The summed E-state index contributed by atoms with van der Waals surface area (Å²) in [5.41, 5.74) is 1.68. The number of ether oxygens (including phenoxy) is 1. The Bertz CT molecular complexity index is 1120. The minimum atomic E-state index is -0.675. The van der Waals surface area contributed by atoms with E-state index in [4.69, 9.17) is 27.9 Å². The van der Waals surface area contributed by atoms with Crippen molar-refractivity contribution >= 4 is 40.7 Å². The number of rotatable bonds is 4. The van der Waals surface area contributed by atoms with Gasteiger partial charge in [-0.25, -0.2) is 0 Å². The van der Waals surface area contributed by atoms with Crippen molar-refractivity contribution in [3.63, 3.8) is 0 Å². The Morgan fingerprint density at radius 2 is 1.74 bits per heavy atom. The maximum absolute atomic E-state index is 13.4. The summed E-state index contributed by atoms with van der Waals surface area (Å²) in [6.07, 6.45) is 0.352. The van der Waals surface area contributed by atoms with E-state index in [1.165, 1.54) is 4.90 Å². The topological polar surface area (TPSA) is 58.6 Å². The van der Waals surface area contributed by atoms with Gasteiger partial charge in [-0.05, 0) is 48.0 Å². The summed E-state index contributed by atoms with van der Waals surface area (Å²) in [6.45, 7) is 0. The van der Waals surface area contributed by atoms with Gasteiger partial charge in [0.05, 0.1) is 18.8 Å². The van der Waals surface area contributed by atoms with Crippen LogP contribution >= 0.6 is 23.2 Å². The molecule has 0 spiro atoms. The molecule has 0 aromatic heterocycles. The first-order chi connectivity index (χ1) is 15.0. The third-order valence-corrected chi connectivity index (χ3v) is 5.82. The molecule has 5 nitrogen and oxygen atoms in total. The molecule has 2 unspecified atom stereocenters. The molecule has 2 amide bonds. The van der Waals surface area contributed by atoms with Gasteiger partial charge in [0, 0.05) is 22.6 Å². The highest BCUT2D eigenvalue weighted by atomic mass is 35.5. The average Bonchev–Trinajstić information content (AvgIpc) is 2.79. The number of nitrogens with one attached hydrogen (secondary N) is 1. The number of carbonyl (C=O) groups is 2. The number of hydrogen-bond acceptors (Lipinski definition) is 3. The molecule has 0 radical (unpaired) electrons. The minimum absolute atomic E-state index is 0.206. The molecule has 0 aliphatic carbocycles. The zero-order chi connectivity index (χ0) is 22.0. The summed E-state index contributed by atoms with van der Waals surface area (Å²) in [5.74, 6) is 0.103. The lowest BCUT2D eigenvalue weighted by Crippen LogP contribution is -2.45. The van der Waals surface area contributed by atoms with Crippen molar-refractivity contribution in [2.24, 2.45) is 0 Å². The molecule has 2 atom stereocenters. The zero-order valence-electron chi connectivity index (χ0n) is 16.7. The van der Waals surface area contributed by atoms with Crippen molar-refractivity contribution in [2.75, 3.05) is 12.0 Å². The maximum atomic E-state index is 13.4. The highest BCUT2D eigenvalue weighted by molar-refractivity contribution is 6.31. The van der Waals surface area contributed by atoms with Crippen LogP contribution in [0.1, 0.15) is 38.7 Å². The first kappa shape index (κ1) is 21.2. The molecule has 31 heavy (non-hydrogen) atoms. The fourth-order valence-electron chi connectivity index (χ4n) is 3.70. The number of nitrogens with zero attached hydrogens (tertiary/aromatic N) is 1. The number of carbonyl (C=O) groups excluding carboxylic acids is 2. The predicted molar refractivity (Wildman–Crippen MR) is 122 cm³/mol. The number of benzene rings is 3. The standard InChI is InChI=1S/C24H20Cl2N2O3/c1-31-18-9-5-8-16(12-18)24(30)28-21-13-17(25)10-11-19(21)20(14-22(28)26)27-23(29)15-6-3-2-4-7-15/h2-13,20,22H,14H2,1H3,(H,27,29). The molecule has 4 rings (SSSR count). The van der Waals surface area contributed by atoms with Gasteiger partial charge in [-0.3, -0.25) is 14.5 Å². The van der Waals surface area contributed by atoms with Crippen molar-refractivity contribution in [3.05, 3.63) is 94.5 Å². The summed E-state index contributed by atoms with van der Waals surface area (Å²) in [7, 11) is 1.55. The van der Waals surface area contributed by atoms with Crippen molar-refractivity contribution < 1.29 is 14.3 Å². The van der Waals surface area contributed by atoms with E-state index < -0.39 is 5.50 Å². The summed E-state index contributed by atoms with van der Waals surface area (Å²) in [5, 5.41) is 3.51. The van der Waals surface area contributed by atoms with Gasteiger partial charge in [-0.15, -0.1) is 0 Å². The minimum Gasteiger partial charge on any atom is -0.497 e. The molecule has 0 fully saturated rings. The predicted octanol–water partition coefficient (Wildman–Crippen LogP) is 5.44. The van der Waals surface area contributed by atoms with E-state index in [1.807, 2.05) is 24.3 Å². The fraction of sp³-hybridized carbons (Fsp3) is 0.167. The molecule has 1 aliphatic rings. The van der Waals surface area contributed by atoms with Crippen molar-refractivity contribution in [3.8, 4) is 5.75 Å². The lowest BCUT2D eigenvalue weighted by molar-refractivity contribution is 0.0932. The number of amides is 2. The second kappa shape index (κ2) is 9.00. The molecule has 0 bridgehead atoms. The summed E-state index contributed by atoms with van der Waals surface area (Å²) < 4.78 is 5.24. The van der Waals surface area contributed by atoms with Gasteiger partial charge in [0.1, 0.15) is 11.3 Å². The molecule has 0 saturated carbocycles. The number of anilines is 1. The summed E-state index contributed by atoms with van der Waals surface area (Å²) >= 11 is 12.9. The Morgan fingerprint density at radius 3 is 2.48 bits per heavy atom. The van der Waals surface area contributed by atoms with Gasteiger partial charge in [-0.2, -0.15) is 0 Å². The Hall–Kier alpha value is -3.02. The summed E-state index contributed by atoms with van der Waals surface area (Å²) in [4.78, 5) is 27.6. The maximum Gasteiger partial charge on any atom is 0.259 e. The largest absolute Gasteiger partial charge is 0.497 e. The van der Waals surface area contributed by atoms with Crippen molar-refractivity contribution in [1.29, 1.82) is 0 Å². The van der Waals surface area contributed by atoms with Crippen LogP contribution in [0.2, 0.25) is 5.02 Å². The number of fused-ring (bicyclic) bond motifs is 1. The van der Waals surface area contributed by atoms with Crippen LogP contribution in [-0.2, 0) is 0 Å². The molecule has 3 aromatic rings. The van der Waals surface area contributed by atoms with Crippen LogP contribution in [0.5, 0.6) is 5.75 Å². The van der Waals surface area contributed by atoms with E-state index in [0.717, 1.165) is 5.56 Å². The number of alkyl halides is 1. The Kier molecular flexibility index (Phi) is 6.16. The fourth-order valence-corrected chi connectivity index (χ4v) is 4.24. The molecule has 3 aromatic carbocycles. The van der Waals surface area contributed by atoms with E-state index in [-0.39, 0.29) is 17.9 Å². The molecular weight excluding hydrogens is 435 g/mol. The first-order valence-electron chi connectivity index (χ1n) is 9.75. The quantitative estimate of drug-likeness (QED) is 0.421. The third kappa shape index (κ3) is 4.38. The van der Waals surface area contributed by atoms with Crippen molar-refractivity contribution in [1.82, 2.24) is 5.32 Å². The SMILES string of the molecule is COc1cccc(C(=O)N2c3cc(Cl)ccc3C(NC(=O)c3ccccc3)CC2Cl)c1. The second-order valence-corrected chi connectivity index (χ2v) is 8.11. The van der Waals surface area contributed by atoms with Gasteiger partial charge >= 0.3 is 0 Å². The molecule has 1 heterocycles. The van der Waals surface area contributed by atoms with Crippen LogP contribution < -0.4 is 15.0 Å². The summed E-state index contributed by atoms with van der Waals surface area (Å²) in [6, 6.07) is 20.8. The van der Waals surface area contributed by atoms with Gasteiger partial charge in [0.25, 0.3) is 11.8 Å². The van der Waals surface area contributed by atoms with E-state index in [2.05, 4.69) is 5.32 Å². The van der Waals surface area contributed by atoms with Gasteiger partial charge in [0.2, 0.25) is 0 Å². The highest BCUT2D eigenvalue weighted by Gasteiger charge is 2.36. The third-order valence-electron chi connectivity index (χ3n) is 5.21. The smallest absolute Gasteiger partial charge is 0.259 e. The number of hydrogen-bond donors (Lipinski definition) is 1. The number of halogens is 2. The Labute approximate surface area is 190 Å². The van der Waals surface area contributed by atoms with Crippen LogP contribution in [0.15, 0.2) is 72.8 Å². The highest BCUT2D eigenvalue weighted by Crippen LogP contribution is 2.41. The Morgan fingerprint density at radius 1 is 1.00 bits per heavy atom. The van der Waals surface area contributed by atoms with Crippen LogP contribution in [0.3, 0.4) is 0 Å². The number of methoxy groups -OCH3 is 1. The molecule has 7 heteroatoms. The normalized spacial score (nSPS) is 17.6. The van der Waals surface area contributed by atoms with Crippen molar-refractivity contribution in [2.45, 2.75) is 18.0 Å². The van der Waals surface area contributed by atoms with Crippen LogP contribution in [0.25, 0.3) is 0 Å². The molecule has 158 valence electrons. The molecular formula is C24H20Cl2N2O3. The van der Waals surface area contributed by atoms with Crippen LogP contribution in [0, 0.1) is 0 Å². The van der Waals surface area contributed by atoms with Gasteiger partial charge < -0.3 is 10.1 Å². The van der Waals surface area contributed by atoms with E-state index in [1.54, 1.807) is 55.6 Å². The van der Waals surface area contributed by atoms with E-state index >= 15 is 0 Å². The van der Waals surface area contributed by atoms with Crippen LogP contribution in [0.4, 0.5) is 5.69 Å². The van der Waals surface area contributed by atoms with E-state index in [9.17, 15) is 9.59 Å². The van der Waals surface area contributed by atoms with Crippen LogP contribution in [-0.4, -0.2) is 24.4 Å². The Balaban J connectivity index is 1.68. The lowest BCUT2D eigenvalue weighted by atomic mass is 9.95. The molecule has 1 N–H and O–H groups in total. The van der Waals surface area contributed by atoms with Gasteiger partial charge in [-0.1, -0.05) is 53.5 Å². The zero-order valence-corrected chi connectivity index (χ0v) is 18.2. The average molecular weight is 455 g/mol.